The van der Waals surface area contributed by atoms with Crippen LogP contribution in [0, 0.1) is 0 Å². The molecule has 0 atom stereocenters. The van der Waals surface area contributed by atoms with E-state index in [0.717, 1.165) is 42.3 Å². The third-order valence-electron chi connectivity index (χ3n) is 4.51. The molecule has 2 aromatic rings. The van der Waals surface area contributed by atoms with Crippen molar-refractivity contribution in [3.8, 4) is 11.8 Å². The average molecular weight is 380 g/mol. The van der Waals surface area contributed by atoms with E-state index in [1.165, 1.54) is 18.4 Å². The summed E-state index contributed by atoms with van der Waals surface area (Å²) < 4.78 is 38.8. The lowest BCUT2D eigenvalue weighted by atomic mass is 9.94. The molecule has 1 aliphatic rings. The van der Waals surface area contributed by atoms with Gasteiger partial charge in [0, 0.05) is 37.8 Å². The monoisotopic (exact) mass is 380 g/mol. The Hall–Kier alpha value is -1.97. The fraction of sp³-hybridized carbons (Fsp3) is 0.529. The van der Waals surface area contributed by atoms with Crippen LogP contribution >= 0.6 is 0 Å². The summed E-state index contributed by atoms with van der Waals surface area (Å²) in [6.07, 6.45) is 4.66. The lowest BCUT2D eigenvalue weighted by Gasteiger charge is -2.29. The molecule has 0 saturated heterocycles. The van der Waals surface area contributed by atoms with Crippen molar-refractivity contribution in [3.63, 3.8) is 0 Å². The molecule has 1 aliphatic carbocycles. The molecule has 142 valence electrons. The summed E-state index contributed by atoms with van der Waals surface area (Å²) in [5.74, 6) is 0.732. The molecule has 26 heavy (non-hydrogen) atoms. The number of fused-ring (bicyclic) bond motifs is 1. The summed E-state index contributed by atoms with van der Waals surface area (Å²) in [6.45, 7) is 0. The first-order valence-corrected chi connectivity index (χ1v) is 9.98. The van der Waals surface area contributed by atoms with Gasteiger partial charge in [0.15, 0.2) is 0 Å². The van der Waals surface area contributed by atoms with Crippen LogP contribution in [0.1, 0.15) is 25.7 Å². The molecule has 0 aliphatic heterocycles. The highest BCUT2D eigenvalue weighted by Gasteiger charge is 2.27. The van der Waals surface area contributed by atoms with Crippen molar-refractivity contribution in [2.45, 2.75) is 37.8 Å². The molecule has 1 aromatic carbocycles. The van der Waals surface area contributed by atoms with Gasteiger partial charge in [-0.05, 0) is 37.8 Å². The maximum atomic E-state index is 11.9. The van der Waals surface area contributed by atoms with E-state index in [-0.39, 0.29) is 12.1 Å². The van der Waals surface area contributed by atoms with Gasteiger partial charge in [-0.25, -0.2) is 4.98 Å². The highest BCUT2D eigenvalue weighted by molar-refractivity contribution is 7.87. The predicted octanol–water partition coefficient (Wildman–Crippen LogP) is 1.72. The number of nitrogens with zero attached hydrogens (tertiary/aromatic N) is 3. The number of hydrogen-bond donors (Lipinski definition) is 1. The largest absolute Gasteiger partial charge is 0.497 e. The molecule has 0 radical (unpaired) electrons. The van der Waals surface area contributed by atoms with E-state index in [4.69, 9.17) is 9.47 Å². The Bertz CT molecular complexity index is 864. The highest BCUT2D eigenvalue weighted by Crippen LogP contribution is 2.25. The smallest absolute Gasteiger partial charge is 0.317 e. The average Bonchev–Trinajstić information content (AvgIpc) is 2.62. The minimum Gasteiger partial charge on any atom is -0.497 e. The first-order valence-electron chi connectivity index (χ1n) is 8.54. The Labute approximate surface area is 153 Å². The standard InChI is InChI=1S/C17H24N4O4S/c1-21(2)26(22,23)20-13-5-8-14(9-6-13)25-17-18-11-12-4-7-15(24-3)10-16(12)19-17/h4,7,10-11,13-14,20H,5-6,8-9H2,1-3H3/t13-,14-. The summed E-state index contributed by atoms with van der Waals surface area (Å²) >= 11 is 0. The van der Waals surface area contributed by atoms with E-state index in [9.17, 15) is 8.42 Å². The van der Waals surface area contributed by atoms with Crippen LogP contribution in [0.25, 0.3) is 10.9 Å². The van der Waals surface area contributed by atoms with Gasteiger partial charge in [0.05, 0.1) is 12.6 Å². The molecular weight excluding hydrogens is 356 g/mol. The molecule has 8 nitrogen and oxygen atoms in total. The van der Waals surface area contributed by atoms with Gasteiger partial charge >= 0.3 is 6.01 Å². The maximum Gasteiger partial charge on any atom is 0.317 e. The number of methoxy groups -OCH3 is 1. The molecule has 0 bridgehead atoms. The first-order chi connectivity index (χ1) is 12.4. The van der Waals surface area contributed by atoms with Gasteiger partial charge < -0.3 is 9.47 Å². The van der Waals surface area contributed by atoms with Gasteiger partial charge in [0.1, 0.15) is 11.9 Å². The highest BCUT2D eigenvalue weighted by atomic mass is 32.2. The predicted molar refractivity (Wildman–Crippen MR) is 98.5 cm³/mol. The van der Waals surface area contributed by atoms with Crippen molar-refractivity contribution >= 4 is 21.1 Å². The minimum atomic E-state index is -3.40. The molecule has 0 spiro atoms. The van der Waals surface area contributed by atoms with Crippen molar-refractivity contribution < 1.29 is 17.9 Å². The van der Waals surface area contributed by atoms with Gasteiger partial charge in [-0.2, -0.15) is 22.4 Å². The maximum absolute atomic E-state index is 11.9. The second-order valence-electron chi connectivity index (χ2n) is 6.57. The summed E-state index contributed by atoms with van der Waals surface area (Å²) in [6, 6.07) is 5.88. The SMILES string of the molecule is COc1ccc2cnc(O[C@H]3CC[C@H](NS(=O)(=O)N(C)C)CC3)nc2c1. The second kappa shape index (κ2) is 7.73. The van der Waals surface area contributed by atoms with Gasteiger partial charge in [-0.15, -0.1) is 0 Å². The Morgan fingerprint density at radius 2 is 1.92 bits per heavy atom. The van der Waals surface area contributed by atoms with E-state index < -0.39 is 10.2 Å². The van der Waals surface area contributed by atoms with Gasteiger partial charge in [0.2, 0.25) is 0 Å². The van der Waals surface area contributed by atoms with Crippen LogP contribution in [0.5, 0.6) is 11.8 Å². The zero-order valence-electron chi connectivity index (χ0n) is 15.2. The van der Waals surface area contributed by atoms with Crippen LogP contribution in [0.2, 0.25) is 0 Å². The molecule has 1 N–H and O–H groups in total. The number of rotatable bonds is 6. The molecule has 0 unspecified atom stereocenters. The topological polar surface area (TPSA) is 93.7 Å². The number of benzene rings is 1. The van der Waals surface area contributed by atoms with Gasteiger partial charge in [-0.3, -0.25) is 0 Å². The fourth-order valence-corrected chi connectivity index (χ4v) is 3.80. The zero-order chi connectivity index (χ0) is 18.7. The molecular formula is C17H24N4O4S. The van der Waals surface area contributed by atoms with E-state index in [2.05, 4.69) is 14.7 Å². The van der Waals surface area contributed by atoms with Crippen LogP contribution < -0.4 is 14.2 Å². The quantitative estimate of drug-likeness (QED) is 0.820. The fourth-order valence-electron chi connectivity index (χ4n) is 2.93. The second-order valence-corrected chi connectivity index (χ2v) is 8.49. The van der Waals surface area contributed by atoms with Crippen molar-refractivity contribution in [1.82, 2.24) is 19.0 Å². The van der Waals surface area contributed by atoms with Crippen molar-refractivity contribution in [3.05, 3.63) is 24.4 Å². The number of nitrogens with one attached hydrogen (secondary N) is 1. The van der Waals surface area contributed by atoms with Crippen molar-refractivity contribution in [2.75, 3.05) is 21.2 Å². The third kappa shape index (κ3) is 4.40. The molecule has 3 rings (SSSR count). The molecule has 1 heterocycles. The molecule has 9 heteroatoms. The number of hydrogen-bond acceptors (Lipinski definition) is 6. The van der Waals surface area contributed by atoms with Crippen LogP contribution in [0.15, 0.2) is 24.4 Å². The third-order valence-corrected chi connectivity index (χ3v) is 6.10. The first kappa shape index (κ1) is 18.8. The Balaban J connectivity index is 1.60. The van der Waals surface area contributed by atoms with Crippen LogP contribution in [-0.4, -0.2) is 56.0 Å². The van der Waals surface area contributed by atoms with Crippen molar-refractivity contribution in [1.29, 1.82) is 0 Å². The molecule has 1 aromatic heterocycles. The van der Waals surface area contributed by atoms with E-state index in [1.54, 1.807) is 13.3 Å². The summed E-state index contributed by atoms with van der Waals surface area (Å²) in [7, 11) is 1.25. The summed E-state index contributed by atoms with van der Waals surface area (Å²) in [5, 5.41) is 0.917. The Morgan fingerprint density at radius 3 is 2.58 bits per heavy atom. The lowest BCUT2D eigenvalue weighted by molar-refractivity contribution is 0.132. The van der Waals surface area contributed by atoms with Crippen LogP contribution in [0.3, 0.4) is 0 Å². The van der Waals surface area contributed by atoms with Gasteiger partial charge in [0.25, 0.3) is 10.2 Å². The van der Waals surface area contributed by atoms with E-state index >= 15 is 0 Å². The van der Waals surface area contributed by atoms with E-state index in [1.807, 2.05) is 18.2 Å². The number of aromatic nitrogens is 2. The van der Waals surface area contributed by atoms with E-state index in [0.29, 0.717) is 6.01 Å². The number of ether oxygens (including phenoxy) is 2. The van der Waals surface area contributed by atoms with Crippen LogP contribution in [0.4, 0.5) is 0 Å². The lowest BCUT2D eigenvalue weighted by Crippen LogP contribution is -2.44. The Kier molecular flexibility index (Phi) is 5.59. The summed E-state index contributed by atoms with van der Waals surface area (Å²) in [4.78, 5) is 8.71. The summed E-state index contributed by atoms with van der Waals surface area (Å²) in [5.41, 5.74) is 0.766. The minimum absolute atomic E-state index is 0.0156. The van der Waals surface area contributed by atoms with Gasteiger partial charge in [-0.1, -0.05) is 0 Å². The molecule has 1 saturated carbocycles. The zero-order valence-corrected chi connectivity index (χ0v) is 16.0. The molecule has 1 fully saturated rings. The Morgan fingerprint density at radius 1 is 1.19 bits per heavy atom. The molecule has 0 amide bonds. The van der Waals surface area contributed by atoms with Crippen molar-refractivity contribution in [2.24, 2.45) is 0 Å². The normalized spacial score (nSPS) is 21.1. The van der Waals surface area contributed by atoms with Crippen LogP contribution in [-0.2, 0) is 10.2 Å².